The Balaban J connectivity index is 1.15. The average molecular weight is 683 g/mol. The van der Waals surface area contributed by atoms with Crippen molar-refractivity contribution >= 4 is 9.84 Å². The number of sulfone groups is 1. The van der Waals surface area contributed by atoms with Crippen LogP contribution in [0.4, 0.5) is 0 Å². The third-order valence-electron chi connectivity index (χ3n) is 12.2. The zero-order valence-corrected chi connectivity index (χ0v) is 28.7. The number of aromatic nitrogens is 3. The fourth-order valence-electron chi connectivity index (χ4n) is 10.3. The number of benzene rings is 5. The van der Waals surface area contributed by atoms with Crippen LogP contribution in [-0.2, 0) is 15.3 Å². The predicted molar refractivity (Wildman–Crippen MR) is 196 cm³/mol. The fraction of sp³-hybridized carbons (Fsp3) is 0.227. The van der Waals surface area contributed by atoms with Gasteiger partial charge in [0, 0.05) is 22.1 Å². The zero-order valence-electron chi connectivity index (χ0n) is 27.9. The molecule has 5 aliphatic rings. The molecule has 51 heavy (non-hydrogen) atoms. The summed E-state index contributed by atoms with van der Waals surface area (Å²) in [6.45, 7) is 0. The van der Waals surface area contributed by atoms with Gasteiger partial charge in [-0.2, -0.15) is 5.26 Å². The van der Waals surface area contributed by atoms with Gasteiger partial charge in [-0.15, -0.1) is 0 Å². The standard InChI is InChI=1S/C44H34N4O2S/c45-26-27-13-15-30(16-14-27)32-9-6-10-33(24-32)42-46-41(31-7-2-1-3-8-31)47-43(48-42)34-17-18-38-40(25-34)51(49,50)39-12-5-4-11-37(39)44(38)35-20-28-19-29(22-35)23-36(44)21-28/h1-18,24-25,28-29,35-36H,19-23H2. The van der Waals surface area contributed by atoms with E-state index in [4.69, 9.17) is 15.0 Å². The van der Waals surface area contributed by atoms with Crippen molar-refractivity contribution in [1.82, 2.24) is 15.0 Å². The third kappa shape index (κ3) is 4.59. The maximum atomic E-state index is 14.6. The molecule has 0 saturated heterocycles. The molecule has 6 aromatic rings. The van der Waals surface area contributed by atoms with Crippen molar-refractivity contribution in [3.05, 3.63) is 138 Å². The van der Waals surface area contributed by atoms with Crippen LogP contribution in [0.15, 0.2) is 131 Å². The Bertz CT molecular complexity index is 2490. The molecule has 4 bridgehead atoms. The highest BCUT2D eigenvalue weighted by atomic mass is 32.2. The normalized spacial score (nSPS) is 24.8. The Labute approximate surface area is 297 Å². The van der Waals surface area contributed by atoms with E-state index in [0.717, 1.165) is 45.2 Å². The van der Waals surface area contributed by atoms with Crippen LogP contribution in [0.25, 0.3) is 45.3 Å². The van der Waals surface area contributed by atoms with E-state index in [0.29, 0.717) is 50.2 Å². The molecule has 248 valence electrons. The lowest BCUT2D eigenvalue weighted by atomic mass is 9.42. The topological polar surface area (TPSA) is 96.6 Å². The monoisotopic (exact) mass is 682 g/mol. The van der Waals surface area contributed by atoms with Crippen LogP contribution in [-0.4, -0.2) is 23.4 Å². The van der Waals surface area contributed by atoms with Gasteiger partial charge < -0.3 is 0 Å². The van der Waals surface area contributed by atoms with E-state index < -0.39 is 9.84 Å². The van der Waals surface area contributed by atoms with Crippen molar-refractivity contribution in [2.24, 2.45) is 23.7 Å². The Morgan fingerprint density at radius 3 is 1.76 bits per heavy atom. The summed E-state index contributed by atoms with van der Waals surface area (Å²) in [5.74, 6) is 3.82. The minimum absolute atomic E-state index is 0.297. The van der Waals surface area contributed by atoms with Gasteiger partial charge >= 0.3 is 0 Å². The van der Waals surface area contributed by atoms with Gasteiger partial charge in [-0.05, 0) is 108 Å². The SMILES string of the molecule is N#Cc1ccc(-c2cccc(-c3nc(-c4ccccc4)nc(-c4ccc5c(c4)S(=O)(=O)c4ccccc4C54C5CC6CC(C5)CC4C6)n3)c2)cc1. The average Bonchev–Trinajstić information content (AvgIpc) is 3.18. The lowest BCUT2D eigenvalue weighted by Crippen LogP contribution is -2.57. The van der Waals surface area contributed by atoms with Crippen LogP contribution < -0.4 is 0 Å². The van der Waals surface area contributed by atoms with Crippen LogP contribution in [0.3, 0.4) is 0 Å². The molecule has 0 radical (unpaired) electrons. The van der Waals surface area contributed by atoms with Gasteiger partial charge in [0.2, 0.25) is 9.84 Å². The van der Waals surface area contributed by atoms with E-state index in [1.54, 1.807) is 0 Å². The fourth-order valence-corrected chi connectivity index (χ4v) is 12.1. The summed E-state index contributed by atoms with van der Waals surface area (Å²) in [7, 11) is -3.80. The molecule has 0 atom stereocenters. The van der Waals surface area contributed by atoms with Crippen LogP contribution in [0.5, 0.6) is 0 Å². The molecule has 0 N–H and O–H groups in total. The maximum Gasteiger partial charge on any atom is 0.207 e. The van der Waals surface area contributed by atoms with Crippen LogP contribution in [0, 0.1) is 35.0 Å². The minimum atomic E-state index is -3.80. The van der Waals surface area contributed by atoms with Gasteiger partial charge in [-0.1, -0.05) is 91.0 Å². The maximum absolute atomic E-state index is 14.6. The van der Waals surface area contributed by atoms with E-state index in [1.807, 2.05) is 109 Å². The first-order valence-electron chi connectivity index (χ1n) is 17.8. The van der Waals surface area contributed by atoms with E-state index in [1.165, 1.54) is 32.1 Å². The van der Waals surface area contributed by atoms with E-state index >= 15 is 0 Å². The summed E-state index contributed by atoms with van der Waals surface area (Å²) in [6, 6.07) is 41.3. The molecular weight excluding hydrogens is 649 g/mol. The zero-order chi connectivity index (χ0) is 34.3. The van der Waals surface area contributed by atoms with Gasteiger partial charge in [-0.25, -0.2) is 23.4 Å². The summed E-state index contributed by atoms with van der Waals surface area (Å²) < 4.78 is 29.2. The summed E-state index contributed by atoms with van der Waals surface area (Å²) >= 11 is 0. The number of rotatable bonds is 4. The van der Waals surface area contributed by atoms with Gasteiger partial charge in [0.25, 0.3) is 0 Å². The Morgan fingerprint density at radius 2 is 1.08 bits per heavy atom. The minimum Gasteiger partial charge on any atom is -0.218 e. The number of hydrogen-bond donors (Lipinski definition) is 0. The Kier molecular flexibility index (Phi) is 6.72. The number of nitrogens with zero attached hydrogens (tertiary/aromatic N) is 4. The number of nitriles is 1. The molecule has 11 rings (SSSR count). The van der Waals surface area contributed by atoms with Crippen LogP contribution in [0.1, 0.15) is 48.8 Å². The lowest BCUT2D eigenvalue weighted by Gasteiger charge is -2.63. The number of hydrogen-bond acceptors (Lipinski definition) is 6. The van der Waals surface area contributed by atoms with Gasteiger partial charge in [0.15, 0.2) is 17.5 Å². The van der Waals surface area contributed by atoms with Crippen LogP contribution >= 0.6 is 0 Å². The third-order valence-corrected chi connectivity index (χ3v) is 14.0. The Morgan fingerprint density at radius 1 is 0.529 bits per heavy atom. The summed E-state index contributed by atoms with van der Waals surface area (Å²) in [5.41, 5.74) is 6.54. The van der Waals surface area contributed by atoms with Crippen molar-refractivity contribution in [2.75, 3.05) is 0 Å². The molecule has 6 nitrogen and oxygen atoms in total. The molecule has 4 saturated carbocycles. The molecule has 7 heteroatoms. The highest BCUT2D eigenvalue weighted by molar-refractivity contribution is 7.91. The summed E-state index contributed by atoms with van der Waals surface area (Å²) in [5, 5.41) is 9.28. The molecule has 0 amide bonds. The van der Waals surface area contributed by atoms with Crippen molar-refractivity contribution in [1.29, 1.82) is 5.26 Å². The molecule has 5 aromatic carbocycles. The van der Waals surface area contributed by atoms with E-state index in [-0.39, 0.29) is 5.41 Å². The molecule has 1 spiro atoms. The predicted octanol–water partition coefficient (Wildman–Crippen LogP) is 9.30. The van der Waals surface area contributed by atoms with Crippen molar-refractivity contribution in [2.45, 2.75) is 47.3 Å². The summed E-state index contributed by atoms with van der Waals surface area (Å²) in [4.78, 5) is 15.8. The first-order chi connectivity index (χ1) is 24.9. The smallest absolute Gasteiger partial charge is 0.207 e. The summed E-state index contributed by atoms with van der Waals surface area (Å²) in [6.07, 6.45) is 6.00. The van der Waals surface area contributed by atoms with Gasteiger partial charge in [0.1, 0.15) is 0 Å². The Hall–Kier alpha value is -5.45. The van der Waals surface area contributed by atoms with E-state index in [2.05, 4.69) is 18.2 Å². The molecule has 4 aliphatic carbocycles. The molecule has 2 heterocycles. The highest BCUT2D eigenvalue weighted by Gasteiger charge is 2.62. The second kappa shape index (κ2) is 11.3. The lowest BCUT2D eigenvalue weighted by molar-refractivity contribution is -0.0446. The number of fused-ring (bicyclic) bond motifs is 2. The second-order valence-electron chi connectivity index (χ2n) is 14.8. The highest BCUT2D eigenvalue weighted by Crippen LogP contribution is 2.68. The first-order valence-corrected chi connectivity index (χ1v) is 19.3. The van der Waals surface area contributed by atoms with E-state index in [9.17, 15) is 13.7 Å². The van der Waals surface area contributed by atoms with Crippen molar-refractivity contribution < 1.29 is 8.42 Å². The van der Waals surface area contributed by atoms with Crippen molar-refractivity contribution in [3.8, 4) is 51.4 Å². The molecule has 0 unspecified atom stereocenters. The quantitative estimate of drug-likeness (QED) is 0.184. The molecule has 4 fully saturated rings. The largest absolute Gasteiger partial charge is 0.218 e. The van der Waals surface area contributed by atoms with Gasteiger partial charge in [-0.3, -0.25) is 0 Å². The van der Waals surface area contributed by atoms with Gasteiger partial charge in [0.05, 0.1) is 21.4 Å². The van der Waals surface area contributed by atoms with Crippen molar-refractivity contribution in [3.63, 3.8) is 0 Å². The molecule has 1 aliphatic heterocycles. The molecular formula is C44H34N4O2S. The second-order valence-corrected chi connectivity index (χ2v) is 16.7. The first kappa shape index (κ1) is 30.4. The van der Waals surface area contributed by atoms with Crippen LogP contribution in [0.2, 0.25) is 0 Å². The molecule has 1 aromatic heterocycles.